The summed E-state index contributed by atoms with van der Waals surface area (Å²) in [4.78, 5) is 28.7. The third-order valence-corrected chi connectivity index (χ3v) is 7.86. The van der Waals surface area contributed by atoms with E-state index in [9.17, 15) is 22.4 Å². The highest BCUT2D eigenvalue weighted by atomic mass is 32.2. The number of carbonyl (C=O) groups excluding carboxylic acids is 1. The average Bonchev–Trinajstić information content (AvgIpc) is 3.54. The number of aliphatic hydroxyl groups excluding tert-OH is 1. The second-order valence-electron chi connectivity index (χ2n) is 8.06. The van der Waals surface area contributed by atoms with Gasteiger partial charge in [-0.1, -0.05) is 5.92 Å². The number of hydrogen-bond donors (Lipinski definition) is 3. The molecule has 1 aliphatic rings. The van der Waals surface area contributed by atoms with Crippen LogP contribution in [0.1, 0.15) is 25.3 Å². The maximum absolute atomic E-state index is 14.8. The second-order valence-corrected chi connectivity index (χ2v) is 10.5. The molecule has 11 heteroatoms. The summed E-state index contributed by atoms with van der Waals surface area (Å²) >= 11 is 0. The van der Waals surface area contributed by atoms with Gasteiger partial charge in [0.1, 0.15) is 5.52 Å². The third-order valence-electron chi connectivity index (χ3n) is 5.84. The molecular formula is C22H22FN3O6S. The lowest BCUT2D eigenvalue weighted by atomic mass is 10.1. The molecule has 1 fully saturated rings. The number of aryl methyl sites for hydroxylation is 1. The maximum atomic E-state index is 14.8. The summed E-state index contributed by atoms with van der Waals surface area (Å²) in [5, 5.41) is 17.9. The molecule has 3 atom stereocenters. The molecule has 0 unspecified atom stereocenters. The lowest BCUT2D eigenvalue weighted by Gasteiger charge is -2.25. The zero-order valence-electron chi connectivity index (χ0n) is 17.9. The number of nitrogens with zero attached hydrogens (tertiary/aromatic N) is 2. The molecule has 1 aromatic carbocycles. The van der Waals surface area contributed by atoms with Crippen LogP contribution in [0.4, 0.5) is 4.39 Å². The highest BCUT2D eigenvalue weighted by Gasteiger charge is 2.43. The second kappa shape index (κ2) is 9.32. The summed E-state index contributed by atoms with van der Waals surface area (Å²) in [6, 6.07) is 2.69. The number of sulfone groups is 1. The summed E-state index contributed by atoms with van der Waals surface area (Å²) in [5.74, 6) is 9.05. The average molecular weight is 475 g/mol. The molecule has 0 aliphatic heterocycles. The first-order chi connectivity index (χ1) is 15.5. The van der Waals surface area contributed by atoms with Gasteiger partial charge in [0.15, 0.2) is 20.4 Å². The lowest BCUT2D eigenvalue weighted by Crippen LogP contribution is -2.50. The Bertz CT molecular complexity index is 1400. The summed E-state index contributed by atoms with van der Waals surface area (Å²) in [5.41, 5.74) is 0.532. The van der Waals surface area contributed by atoms with E-state index in [4.69, 9.17) is 10.3 Å². The number of nitrogens with one attached hydrogen (secondary N) is 1. The molecule has 1 heterocycles. The first-order valence-corrected chi connectivity index (χ1v) is 11.9. The number of benzene rings is 1. The van der Waals surface area contributed by atoms with Crippen LogP contribution >= 0.6 is 0 Å². The van der Waals surface area contributed by atoms with E-state index in [1.54, 1.807) is 0 Å². The van der Waals surface area contributed by atoms with Crippen LogP contribution in [0, 0.1) is 41.3 Å². The highest BCUT2D eigenvalue weighted by Crippen LogP contribution is 2.36. The lowest BCUT2D eigenvalue weighted by molar-refractivity contribution is -0.131. The Hall–Kier alpha value is -3.25. The number of halogens is 1. The minimum absolute atomic E-state index is 0.0141. The van der Waals surface area contributed by atoms with Crippen LogP contribution in [0.5, 0.6) is 0 Å². The number of carbonyl (C=O) groups is 1. The third kappa shape index (κ3) is 4.91. The molecule has 1 aliphatic carbocycles. The fourth-order valence-electron chi connectivity index (χ4n) is 3.23. The number of fused-ring (bicyclic) bond motifs is 1. The van der Waals surface area contributed by atoms with E-state index in [0.717, 1.165) is 30.5 Å². The number of hydroxylamine groups is 1. The van der Waals surface area contributed by atoms with Gasteiger partial charge in [0.05, 0.1) is 17.3 Å². The Morgan fingerprint density at radius 1 is 1.39 bits per heavy atom. The Morgan fingerprint density at radius 2 is 2.12 bits per heavy atom. The molecule has 0 radical (unpaired) electrons. The largest absolute Gasteiger partial charge is 0.396 e. The van der Waals surface area contributed by atoms with Gasteiger partial charge in [0, 0.05) is 25.3 Å². The van der Waals surface area contributed by atoms with Crippen LogP contribution in [-0.4, -0.2) is 51.8 Å². The molecule has 9 nitrogen and oxygen atoms in total. The monoisotopic (exact) mass is 475 g/mol. The van der Waals surface area contributed by atoms with Crippen molar-refractivity contribution >= 4 is 26.6 Å². The molecule has 1 amide bonds. The zero-order valence-corrected chi connectivity index (χ0v) is 18.7. The van der Waals surface area contributed by atoms with Crippen molar-refractivity contribution in [1.82, 2.24) is 15.0 Å². The summed E-state index contributed by atoms with van der Waals surface area (Å²) in [6.45, 7) is 0.999. The van der Waals surface area contributed by atoms with E-state index in [2.05, 4.69) is 28.7 Å². The van der Waals surface area contributed by atoms with Crippen molar-refractivity contribution < 1.29 is 27.9 Å². The smallest absolute Gasteiger partial charge is 0.264 e. The number of aliphatic hydroxyl groups is 1. The fourth-order valence-corrected chi connectivity index (χ4v) is 4.07. The van der Waals surface area contributed by atoms with Gasteiger partial charge >= 0.3 is 0 Å². The first kappa shape index (κ1) is 24.4. The van der Waals surface area contributed by atoms with E-state index in [1.807, 2.05) is 0 Å². The summed E-state index contributed by atoms with van der Waals surface area (Å²) < 4.78 is 38.1. The van der Waals surface area contributed by atoms with E-state index in [-0.39, 0.29) is 47.9 Å². The van der Waals surface area contributed by atoms with Gasteiger partial charge in [0.2, 0.25) is 0 Å². The Labute approximate surface area is 189 Å². The number of hydrogen-bond acceptors (Lipinski definition) is 7. The minimum atomic E-state index is -3.94. The Kier molecular flexibility index (Phi) is 6.89. The van der Waals surface area contributed by atoms with Gasteiger partial charge in [-0.15, -0.1) is 0 Å². The Morgan fingerprint density at radius 3 is 2.73 bits per heavy atom. The van der Waals surface area contributed by atoms with Crippen molar-refractivity contribution in [3.05, 3.63) is 40.2 Å². The van der Waals surface area contributed by atoms with Crippen LogP contribution in [0.3, 0.4) is 0 Å². The van der Waals surface area contributed by atoms with Gasteiger partial charge in [0.25, 0.3) is 11.5 Å². The molecule has 0 saturated heterocycles. The van der Waals surface area contributed by atoms with Gasteiger partial charge in [-0.2, -0.15) is 0 Å². The molecule has 33 heavy (non-hydrogen) atoms. The van der Waals surface area contributed by atoms with Crippen molar-refractivity contribution in [2.24, 2.45) is 11.8 Å². The fraction of sp³-hybridized carbons (Fsp3) is 0.409. The quantitative estimate of drug-likeness (QED) is 0.309. The molecule has 2 aromatic rings. The number of aromatic nitrogens is 2. The SMILES string of the molecule is C[C@@](CCn1cnc2c(F)c(C#CC#C[C@@H]3C[C@H]3CO)ccc2c1=O)(C(=O)NO)S(C)(=O)=O. The molecule has 174 valence electrons. The topological polar surface area (TPSA) is 139 Å². The normalized spacial score (nSPS) is 18.9. The van der Waals surface area contributed by atoms with E-state index < -0.39 is 31.9 Å². The standard InChI is InChI=1S/C22H22FN3O6S/c1-22(21(29)25-30,33(2,31)32)9-10-26-13-24-19-17(20(26)28)8-7-14(18(19)23)5-3-4-6-15-11-16(15)12-27/h7-8,13,15-16,27,30H,9-12H2,1-2H3,(H,25,29)/t15-,16+,22-/m1/s1. The molecule has 1 saturated carbocycles. The maximum Gasteiger partial charge on any atom is 0.264 e. The first-order valence-electron chi connectivity index (χ1n) is 9.97. The van der Waals surface area contributed by atoms with E-state index >= 15 is 0 Å². The summed E-state index contributed by atoms with van der Waals surface area (Å²) in [7, 11) is -3.94. The van der Waals surface area contributed by atoms with Crippen LogP contribution in [-0.2, 0) is 21.2 Å². The van der Waals surface area contributed by atoms with Crippen molar-refractivity contribution in [3.8, 4) is 23.7 Å². The molecule has 3 rings (SSSR count). The minimum Gasteiger partial charge on any atom is -0.396 e. The number of rotatable bonds is 6. The van der Waals surface area contributed by atoms with Crippen molar-refractivity contribution in [3.63, 3.8) is 0 Å². The van der Waals surface area contributed by atoms with Crippen molar-refractivity contribution in [2.75, 3.05) is 12.9 Å². The van der Waals surface area contributed by atoms with Crippen LogP contribution in [0.15, 0.2) is 23.3 Å². The molecular weight excluding hydrogens is 453 g/mol. The molecule has 1 aromatic heterocycles. The molecule has 0 spiro atoms. The van der Waals surface area contributed by atoms with Gasteiger partial charge in [-0.25, -0.2) is 23.3 Å². The highest BCUT2D eigenvalue weighted by molar-refractivity contribution is 7.92. The van der Waals surface area contributed by atoms with Crippen LogP contribution in [0.25, 0.3) is 10.9 Å². The van der Waals surface area contributed by atoms with Crippen LogP contribution < -0.4 is 11.0 Å². The Balaban J connectivity index is 1.86. The number of amides is 1. The predicted molar refractivity (Wildman–Crippen MR) is 117 cm³/mol. The molecule has 3 N–H and O–H groups in total. The van der Waals surface area contributed by atoms with Gasteiger partial charge in [-0.3, -0.25) is 19.4 Å². The van der Waals surface area contributed by atoms with E-state index in [1.165, 1.54) is 17.6 Å². The predicted octanol–water partition coefficient (Wildman–Crippen LogP) is 0.218. The van der Waals surface area contributed by atoms with E-state index in [0.29, 0.717) is 0 Å². The summed E-state index contributed by atoms with van der Waals surface area (Å²) in [6.07, 6.45) is 2.40. The molecule has 0 bridgehead atoms. The van der Waals surface area contributed by atoms with Crippen molar-refractivity contribution in [1.29, 1.82) is 0 Å². The van der Waals surface area contributed by atoms with Gasteiger partial charge in [-0.05, 0) is 55.6 Å². The van der Waals surface area contributed by atoms with Crippen LogP contribution in [0.2, 0.25) is 0 Å². The zero-order chi connectivity index (χ0) is 24.4. The van der Waals surface area contributed by atoms with Crippen molar-refractivity contribution in [2.45, 2.75) is 31.1 Å². The van der Waals surface area contributed by atoms with Gasteiger partial charge < -0.3 is 5.11 Å².